The number of rotatable bonds is 4. The average molecular weight is 320 g/mol. The summed E-state index contributed by atoms with van der Waals surface area (Å²) < 4.78 is 13.0. The molecule has 1 aromatic carbocycles. The third-order valence-electron chi connectivity index (χ3n) is 4.70. The summed E-state index contributed by atoms with van der Waals surface area (Å²) in [7, 11) is 0. The molecule has 1 amide bonds. The van der Waals surface area contributed by atoms with E-state index in [4.69, 9.17) is 0 Å². The van der Waals surface area contributed by atoms with Gasteiger partial charge in [0.2, 0.25) is 5.91 Å². The molecule has 5 nitrogen and oxygen atoms in total. The van der Waals surface area contributed by atoms with Crippen molar-refractivity contribution in [1.29, 1.82) is 0 Å². The molecule has 0 saturated carbocycles. The van der Waals surface area contributed by atoms with Gasteiger partial charge in [-0.2, -0.15) is 0 Å². The number of amides is 1. The summed E-state index contributed by atoms with van der Waals surface area (Å²) in [6, 6.07) is 6.84. The van der Waals surface area contributed by atoms with Crippen LogP contribution in [-0.4, -0.2) is 49.1 Å². The highest BCUT2D eigenvalue weighted by Crippen LogP contribution is 2.18. The van der Waals surface area contributed by atoms with Gasteiger partial charge in [0.05, 0.1) is 0 Å². The van der Waals surface area contributed by atoms with Crippen molar-refractivity contribution in [3.05, 3.63) is 30.1 Å². The summed E-state index contributed by atoms with van der Waals surface area (Å²) in [4.78, 5) is 16.7. The third-order valence-corrected chi connectivity index (χ3v) is 4.70. The maximum atomic E-state index is 13.0. The van der Waals surface area contributed by atoms with Crippen molar-refractivity contribution in [3.8, 4) is 0 Å². The first kappa shape index (κ1) is 16.2. The molecular weight excluding hydrogens is 295 g/mol. The summed E-state index contributed by atoms with van der Waals surface area (Å²) in [5, 5.41) is 0. The van der Waals surface area contributed by atoms with Crippen molar-refractivity contribution >= 4 is 11.6 Å². The molecule has 2 saturated heterocycles. The molecule has 0 radical (unpaired) electrons. The van der Waals surface area contributed by atoms with Crippen molar-refractivity contribution < 1.29 is 9.18 Å². The lowest BCUT2D eigenvalue weighted by molar-refractivity contribution is -0.133. The molecule has 2 heterocycles. The average Bonchev–Trinajstić information content (AvgIpc) is 3.04. The zero-order valence-corrected chi connectivity index (χ0v) is 13.6. The first-order valence-corrected chi connectivity index (χ1v) is 8.47. The van der Waals surface area contributed by atoms with Crippen LogP contribution in [0, 0.1) is 5.82 Å². The predicted octanol–water partition coefficient (Wildman–Crippen LogP) is 1.51. The van der Waals surface area contributed by atoms with Crippen LogP contribution in [0.1, 0.15) is 26.2 Å². The molecule has 0 aliphatic carbocycles. The second-order valence-electron chi connectivity index (χ2n) is 6.35. The lowest BCUT2D eigenvalue weighted by atomic mass is 10.0. The number of carbonyl (C=O) groups excluding carboxylic acids is 1. The SMILES string of the molecule is CCCC1CC(C(=O)N2CCN(c3ccc(F)cc3)CC2)NN1. The fraction of sp³-hybridized carbons (Fsp3) is 0.588. The zero-order chi connectivity index (χ0) is 16.2. The molecule has 126 valence electrons. The van der Waals surface area contributed by atoms with E-state index in [0.29, 0.717) is 19.1 Å². The van der Waals surface area contributed by atoms with Crippen molar-refractivity contribution in [2.24, 2.45) is 0 Å². The summed E-state index contributed by atoms with van der Waals surface area (Å²) in [6.45, 7) is 5.16. The van der Waals surface area contributed by atoms with Crippen molar-refractivity contribution in [2.45, 2.75) is 38.3 Å². The third kappa shape index (κ3) is 3.82. The van der Waals surface area contributed by atoms with E-state index in [9.17, 15) is 9.18 Å². The first-order chi connectivity index (χ1) is 11.2. The van der Waals surface area contributed by atoms with Crippen LogP contribution in [0.15, 0.2) is 24.3 Å². The number of halogens is 1. The Kier molecular flexibility index (Phi) is 5.13. The monoisotopic (exact) mass is 320 g/mol. The minimum Gasteiger partial charge on any atom is -0.368 e. The standard InChI is InChI=1S/C17H25FN4O/c1-2-3-14-12-16(20-19-14)17(23)22-10-8-21(9-11-22)15-6-4-13(18)5-7-15/h4-7,14,16,19-20H,2-3,8-12H2,1H3. The maximum absolute atomic E-state index is 13.0. The Morgan fingerprint density at radius 3 is 2.52 bits per heavy atom. The largest absolute Gasteiger partial charge is 0.368 e. The number of benzene rings is 1. The van der Waals surface area contributed by atoms with Gasteiger partial charge in [-0.3, -0.25) is 10.2 Å². The number of nitrogens with zero attached hydrogens (tertiary/aromatic N) is 2. The van der Waals surface area contributed by atoms with Gasteiger partial charge in [0.1, 0.15) is 11.9 Å². The molecule has 2 atom stereocenters. The molecule has 2 N–H and O–H groups in total. The van der Waals surface area contributed by atoms with Crippen molar-refractivity contribution in [3.63, 3.8) is 0 Å². The molecule has 2 aliphatic heterocycles. The van der Waals surface area contributed by atoms with Gasteiger partial charge in [0.15, 0.2) is 0 Å². The Morgan fingerprint density at radius 1 is 1.17 bits per heavy atom. The van der Waals surface area contributed by atoms with E-state index in [1.165, 1.54) is 12.1 Å². The highest BCUT2D eigenvalue weighted by Gasteiger charge is 2.33. The summed E-state index contributed by atoms with van der Waals surface area (Å²) >= 11 is 0. The van der Waals surface area contributed by atoms with Gasteiger partial charge in [0.25, 0.3) is 0 Å². The van der Waals surface area contributed by atoms with Gasteiger partial charge >= 0.3 is 0 Å². The van der Waals surface area contributed by atoms with Gasteiger partial charge in [-0.25, -0.2) is 9.82 Å². The van der Waals surface area contributed by atoms with Gasteiger partial charge in [-0.1, -0.05) is 13.3 Å². The van der Waals surface area contributed by atoms with Crippen LogP contribution in [-0.2, 0) is 4.79 Å². The van der Waals surface area contributed by atoms with Gasteiger partial charge in [0, 0.05) is 37.9 Å². The van der Waals surface area contributed by atoms with E-state index in [0.717, 1.165) is 38.0 Å². The molecule has 23 heavy (non-hydrogen) atoms. The second-order valence-corrected chi connectivity index (χ2v) is 6.35. The molecule has 6 heteroatoms. The molecule has 3 rings (SSSR count). The Morgan fingerprint density at radius 2 is 1.87 bits per heavy atom. The fourth-order valence-electron chi connectivity index (χ4n) is 3.38. The predicted molar refractivity (Wildman–Crippen MR) is 88.6 cm³/mol. The van der Waals surface area contributed by atoms with Crippen molar-refractivity contribution in [2.75, 3.05) is 31.1 Å². The Labute approximate surface area is 136 Å². The van der Waals surface area contributed by atoms with Gasteiger partial charge < -0.3 is 9.80 Å². The summed E-state index contributed by atoms with van der Waals surface area (Å²) in [5.74, 6) is -0.0288. The molecular formula is C17H25FN4O. The number of hydrazine groups is 1. The molecule has 0 aromatic heterocycles. The first-order valence-electron chi connectivity index (χ1n) is 8.47. The number of nitrogens with one attached hydrogen (secondary N) is 2. The van der Waals surface area contributed by atoms with Gasteiger partial charge in [-0.15, -0.1) is 0 Å². The highest BCUT2D eigenvalue weighted by molar-refractivity contribution is 5.82. The van der Waals surface area contributed by atoms with Crippen LogP contribution < -0.4 is 15.8 Å². The number of hydrogen-bond acceptors (Lipinski definition) is 4. The van der Waals surface area contributed by atoms with Crippen molar-refractivity contribution in [1.82, 2.24) is 15.8 Å². The van der Waals surface area contributed by atoms with E-state index < -0.39 is 0 Å². The van der Waals surface area contributed by atoms with E-state index >= 15 is 0 Å². The van der Waals surface area contributed by atoms with E-state index in [-0.39, 0.29) is 17.8 Å². The number of carbonyl (C=O) groups is 1. The highest BCUT2D eigenvalue weighted by atomic mass is 19.1. The molecule has 2 unspecified atom stereocenters. The quantitative estimate of drug-likeness (QED) is 0.883. The molecule has 2 fully saturated rings. The normalized spacial score (nSPS) is 25.0. The fourth-order valence-corrected chi connectivity index (χ4v) is 3.38. The van der Waals surface area contributed by atoms with E-state index in [1.807, 2.05) is 4.90 Å². The summed E-state index contributed by atoms with van der Waals surface area (Å²) in [5.41, 5.74) is 7.38. The van der Waals surface area contributed by atoms with Crippen LogP contribution in [0.25, 0.3) is 0 Å². The van der Waals surface area contributed by atoms with E-state index in [2.05, 4.69) is 22.7 Å². The van der Waals surface area contributed by atoms with Gasteiger partial charge in [-0.05, 0) is 37.1 Å². The number of piperazine rings is 1. The maximum Gasteiger partial charge on any atom is 0.241 e. The Bertz CT molecular complexity index is 528. The van der Waals surface area contributed by atoms with Crippen LogP contribution in [0.4, 0.5) is 10.1 Å². The molecule has 0 bridgehead atoms. The smallest absolute Gasteiger partial charge is 0.241 e. The Balaban J connectivity index is 1.50. The molecule has 0 spiro atoms. The van der Waals surface area contributed by atoms with Crippen LogP contribution in [0.5, 0.6) is 0 Å². The summed E-state index contributed by atoms with van der Waals surface area (Å²) in [6.07, 6.45) is 3.08. The van der Waals surface area contributed by atoms with Crippen LogP contribution >= 0.6 is 0 Å². The second kappa shape index (κ2) is 7.27. The van der Waals surface area contributed by atoms with E-state index in [1.54, 1.807) is 12.1 Å². The minimum atomic E-state index is -0.219. The van der Waals surface area contributed by atoms with Crippen LogP contribution in [0.3, 0.4) is 0 Å². The Hall–Kier alpha value is -1.66. The number of anilines is 1. The van der Waals surface area contributed by atoms with Crippen LogP contribution in [0.2, 0.25) is 0 Å². The number of hydrogen-bond donors (Lipinski definition) is 2. The molecule has 1 aromatic rings. The lowest BCUT2D eigenvalue weighted by Gasteiger charge is -2.37. The minimum absolute atomic E-state index is 0.107. The lowest BCUT2D eigenvalue weighted by Crippen LogP contribution is -2.53. The molecule has 2 aliphatic rings. The zero-order valence-electron chi connectivity index (χ0n) is 13.6. The topological polar surface area (TPSA) is 47.6 Å².